The van der Waals surface area contributed by atoms with Crippen molar-refractivity contribution < 1.29 is 14.3 Å². The van der Waals surface area contributed by atoms with Gasteiger partial charge in [0.1, 0.15) is 11.3 Å². The molecule has 0 saturated carbocycles. The lowest BCUT2D eigenvalue weighted by molar-refractivity contribution is 0.0698. The van der Waals surface area contributed by atoms with E-state index in [-0.39, 0.29) is 17.0 Å². The fraction of sp³-hybridized carbons (Fsp3) is 0.179. The quantitative estimate of drug-likeness (QED) is 0.286. The number of anilines is 1. The summed E-state index contributed by atoms with van der Waals surface area (Å²) in [4.78, 5) is 25.2. The molecule has 0 aliphatic carbocycles. The fourth-order valence-electron chi connectivity index (χ4n) is 4.59. The van der Waals surface area contributed by atoms with Gasteiger partial charge in [-0.2, -0.15) is 5.10 Å². The minimum absolute atomic E-state index is 0.0640. The van der Waals surface area contributed by atoms with Crippen molar-refractivity contribution in [2.24, 2.45) is 7.05 Å². The Balaban J connectivity index is 1.67. The van der Waals surface area contributed by atoms with E-state index in [4.69, 9.17) is 16.0 Å². The molecule has 5 aromatic rings. The van der Waals surface area contributed by atoms with Gasteiger partial charge in [0.15, 0.2) is 5.43 Å². The molecule has 1 atom stereocenters. The first-order valence-electron chi connectivity index (χ1n) is 11.4. The van der Waals surface area contributed by atoms with Crippen molar-refractivity contribution in [3.8, 4) is 11.3 Å². The van der Waals surface area contributed by atoms with Gasteiger partial charge in [-0.3, -0.25) is 9.48 Å². The van der Waals surface area contributed by atoms with Crippen LogP contribution in [0.25, 0.3) is 33.2 Å². The first-order chi connectivity index (χ1) is 17.1. The molecule has 5 rings (SSSR count). The number of aromatic nitrogens is 2. The van der Waals surface area contributed by atoms with Gasteiger partial charge in [0.25, 0.3) is 0 Å². The van der Waals surface area contributed by atoms with Crippen LogP contribution in [0.1, 0.15) is 40.0 Å². The molecule has 1 unspecified atom stereocenters. The molecule has 0 fully saturated rings. The van der Waals surface area contributed by atoms with Gasteiger partial charge in [-0.15, -0.1) is 0 Å². The summed E-state index contributed by atoms with van der Waals surface area (Å²) < 4.78 is 8.20. The standard InChI is InChI=1S/C28H24ClN3O4/c1-14-9-20(16(3)30-24-8-6-19(29)12-21(24)28(34)35)27-22(10-14)25(33)15(2)26(36-27)17-5-7-23-18(11-17)13-32(4)31-23/h5-13,16,30H,1-4H3,(H,34,35). The number of nitrogens with one attached hydrogen (secondary N) is 1. The number of carboxylic acids is 1. The van der Waals surface area contributed by atoms with Crippen LogP contribution in [-0.2, 0) is 7.05 Å². The number of carbonyl (C=O) groups is 1. The molecule has 36 heavy (non-hydrogen) atoms. The van der Waals surface area contributed by atoms with Crippen LogP contribution in [0.3, 0.4) is 0 Å². The molecular formula is C28H24ClN3O4. The van der Waals surface area contributed by atoms with E-state index in [1.165, 1.54) is 6.07 Å². The summed E-state index contributed by atoms with van der Waals surface area (Å²) in [6, 6.07) is 13.8. The molecule has 0 saturated heterocycles. The van der Waals surface area contributed by atoms with Crippen molar-refractivity contribution in [3.63, 3.8) is 0 Å². The van der Waals surface area contributed by atoms with E-state index in [1.807, 2.05) is 57.4 Å². The zero-order valence-corrected chi connectivity index (χ0v) is 21.0. The van der Waals surface area contributed by atoms with Crippen LogP contribution in [0.4, 0.5) is 5.69 Å². The Morgan fingerprint density at radius 3 is 2.67 bits per heavy atom. The van der Waals surface area contributed by atoms with Crippen molar-refractivity contribution in [1.82, 2.24) is 9.78 Å². The Labute approximate surface area is 211 Å². The lowest BCUT2D eigenvalue weighted by Crippen LogP contribution is -2.14. The average molecular weight is 502 g/mol. The number of hydrogen-bond acceptors (Lipinski definition) is 5. The number of rotatable bonds is 5. The number of halogens is 1. The van der Waals surface area contributed by atoms with Crippen LogP contribution in [0, 0.1) is 13.8 Å². The lowest BCUT2D eigenvalue weighted by atomic mass is 9.98. The molecule has 0 amide bonds. The zero-order chi connectivity index (χ0) is 25.7. The molecule has 0 radical (unpaired) electrons. The summed E-state index contributed by atoms with van der Waals surface area (Å²) >= 11 is 6.01. The van der Waals surface area contributed by atoms with Gasteiger partial charge in [-0.25, -0.2) is 4.79 Å². The van der Waals surface area contributed by atoms with E-state index in [0.717, 1.165) is 27.6 Å². The summed E-state index contributed by atoms with van der Waals surface area (Å²) in [5.74, 6) is -0.593. The number of carboxylic acid groups (broad SMARTS) is 1. The summed E-state index contributed by atoms with van der Waals surface area (Å²) in [7, 11) is 1.86. The SMILES string of the molecule is Cc1cc(C(C)Nc2ccc(Cl)cc2C(=O)O)c2oc(-c3ccc4nn(C)cc4c3)c(C)c(=O)c2c1. The van der Waals surface area contributed by atoms with Crippen LogP contribution in [0.2, 0.25) is 5.02 Å². The summed E-state index contributed by atoms with van der Waals surface area (Å²) in [5.41, 5.74) is 4.65. The second kappa shape index (κ2) is 8.84. The number of fused-ring (bicyclic) bond motifs is 2. The minimum atomic E-state index is -1.09. The molecule has 0 bridgehead atoms. The summed E-state index contributed by atoms with van der Waals surface area (Å²) in [6.07, 6.45) is 1.92. The molecule has 2 heterocycles. The highest BCUT2D eigenvalue weighted by molar-refractivity contribution is 6.31. The molecular weight excluding hydrogens is 478 g/mol. The molecule has 0 aliphatic heterocycles. The van der Waals surface area contributed by atoms with Gasteiger partial charge in [0.05, 0.1) is 22.5 Å². The molecule has 182 valence electrons. The smallest absolute Gasteiger partial charge is 0.337 e. The average Bonchev–Trinajstić information content (AvgIpc) is 3.21. The predicted molar refractivity (Wildman–Crippen MR) is 142 cm³/mol. The Bertz CT molecular complexity index is 1740. The van der Waals surface area contributed by atoms with Gasteiger partial charge in [0, 0.05) is 46.0 Å². The number of benzene rings is 3. The van der Waals surface area contributed by atoms with E-state index in [1.54, 1.807) is 23.7 Å². The molecule has 2 N–H and O–H groups in total. The Morgan fingerprint density at radius 2 is 1.92 bits per heavy atom. The van der Waals surface area contributed by atoms with Crippen molar-refractivity contribution in [3.05, 3.63) is 92.2 Å². The van der Waals surface area contributed by atoms with Crippen molar-refractivity contribution >= 4 is 45.1 Å². The van der Waals surface area contributed by atoms with Crippen LogP contribution < -0.4 is 10.7 Å². The minimum Gasteiger partial charge on any atom is -0.478 e. The molecule has 0 aliphatic rings. The topological polar surface area (TPSA) is 97.4 Å². The third kappa shape index (κ3) is 4.12. The van der Waals surface area contributed by atoms with Gasteiger partial charge in [-0.1, -0.05) is 17.7 Å². The number of nitrogens with zero attached hydrogens (tertiary/aromatic N) is 2. The molecule has 0 spiro atoms. The highest BCUT2D eigenvalue weighted by Gasteiger charge is 2.21. The Hall–Kier alpha value is -4.10. The van der Waals surface area contributed by atoms with Crippen LogP contribution >= 0.6 is 11.6 Å². The zero-order valence-electron chi connectivity index (χ0n) is 20.2. The largest absolute Gasteiger partial charge is 0.478 e. The fourth-order valence-corrected chi connectivity index (χ4v) is 4.76. The van der Waals surface area contributed by atoms with Crippen LogP contribution in [-0.4, -0.2) is 20.9 Å². The first-order valence-corrected chi connectivity index (χ1v) is 11.8. The summed E-state index contributed by atoms with van der Waals surface area (Å²) in [5, 5.41) is 19.1. The van der Waals surface area contributed by atoms with Crippen molar-refractivity contribution in [1.29, 1.82) is 0 Å². The maximum absolute atomic E-state index is 13.5. The highest BCUT2D eigenvalue weighted by atomic mass is 35.5. The van der Waals surface area contributed by atoms with Crippen LogP contribution in [0.15, 0.2) is 63.9 Å². The Morgan fingerprint density at radius 1 is 1.14 bits per heavy atom. The molecule has 8 heteroatoms. The lowest BCUT2D eigenvalue weighted by Gasteiger charge is -2.20. The third-order valence-corrected chi connectivity index (χ3v) is 6.56. The normalized spacial score (nSPS) is 12.2. The van der Waals surface area contributed by atoms with E-state index in [2.05, 4.69) is 10.4 Å². The van der Waals surface area contributed by atoms with E-state index in [0.29, 0.717) is 33.0 Å². The monoisotopic (exact) mass is 501 g/mol. The van der Waals surface area contributed by atoms with Crippen LogP contribution in [0.5, 0.6) is 0 Å². The van der Waals surface area contributed by atoms with Crippen molar-refractivity contribution in [2.45, 2.75) is 26.8 Å². The van der Waals surface area contributed by atoms with E-state index in [9.17, 15) is 14.7 Å². The van der Waals surface area contributed by atoms with Gasteiger partial charge >= 0.3 is 5.97 Å². The van der Waals surface area contributed by atoms with E-state index < -0.39 is 5.97 Å². The third-order valence-electron chi connectivity index (χ3n) is 6.32. The number of aryl methyl sites for hydroxylation is 2. The van der Waals surface area contributed by atoms with Gasteiger partial charge in [-0.05, 0) is 68.8 Å². The molecule has 7 nitrogen and oxygen atoms in total. The van der Waals surface area contributed by atoms with E-state index >= 15 is 0 Å². The predicted octanol–water partition coefficient (Wildman–Crippen LogP) is 6.49. The summed E-state index contributed by atoms with van der Waals surface area (Å²) in [6.45, 7) is 5.58. The maximum Gasteiger partial charge on any atom is 0.337 e. The number of aromatic carboxylic acids is 1. The molecule has 2 aromatic heterocycles. The second-order valence-corrected chi connectivity index (χ2v) is 9.49. The number of hydrogen-bond donors (Lipinski definition) is 2. The van der Waals surface area contributed by atoms with Gasteiger partial charge in [0.2, 0.25) is 0 Å². The second-order valence-electron chi connectivity index (χ2n) is 9.05. The van der Waals surface area contributed by atoms with Gasteiger partial charge < -0.3 is 14.8 Å². The molecule has 3 aromatic carbocycles. The maximum atomic E-state index is 13.5. The first kappa shape index (κ1) is 23.6. The Kier molecular flexibility index (Phi) is 5.80. The van der Waals surface area contributed by atoms with Crippen molar-refractivity contribution in [2.75, 3.05) is 5.32 Å². The highest BCUT2D eigenvalue weighted by Crippen LogP contribution is 2.34.